The third kappa shape index (κ3) is 4.23. The Balaban J connectivity index is 1.45. The van der Waals surface area contributed by atoms with Crippen LogP contribution >= 0.6 is 11.3 Å². The zero-order valence-electron chi connectivity index (χ0n) is 18.8. The largest absolute Gasteiger partial charge is 0.339 e. The number of hydrogen-bond acceptors (Lipinski definition) is 7. The van der Waals surface area contributed by atoms with Gasteiger partial charge in [0.05, 0.1) is 15.7 Å². The quantitative estimate of drug-likeness (QED) is 0.499. The van der Waals surface area contributed by atoms with Gasteiger partial charge in [-0.1, -0.05) is 6.07 Å². The molecule has 0 unspecified atom stereocenters. The van der Waals surface area contributed by atoms with Crippen LogP contribution in [0.15, 0.2) is 36.5 Å². The van der Waals surface area contributed by atoms with E-state index in [1.165, 1.54) is 11.3 Å². The molecule has 1 N–H and O–H groups in total. The van der Waals surface area contributed by atoms with E-state index in [1.54, 1.807) is 22.9 Å². The molecule has 4 aromatic rings. The third-order valence-electron chi connectivity index (χ3n) is 5.78. The molecule has 0 aliphatic carbocycles. The second-order valence-corrected chi connectivity index (χ2v) is 9.36. The molecule has 2 amide bonds. The van der Waals surface area contributed by atoms with Gasteiger partial charge in [-0.2, -0.15) is 0 Å². The first kappa shape index (κ1) is 21.3. The van der Waals surface area contributed by atoms with Crippen LogP contribution in [0.4, 0.5) is 11.6 Å². The van der Waals surface area contributed by atoms with Crippen LogP contribution in [0.2, 0.25) is 0 Å². The number of amides is 2. The van der Waals surface area contributed by atoms with E-state index in [0.29, 0.717) is 37.1 Å². The molecule has 0 saturated carbocycles. The topological polar surface area (TPSA) is 91.3 Å². The summed E-state index contributed by atoms with van der Waals surface area (Å²) in [6.07, 6.45) is 1.79. The number of rotatable bonds is 3. The highest BCUT2D eigenvalue weighted by molar-refractivity contribution is 7.21. The molecule has 0 spiro atoms. The van der Waals surface area contributed by atoms with E-state index in [1.807, 2.05) is 12.1 Å². The van der Waals surface area contributed by atoms with E-state index < -0.39 is 0 Å². The highest BCUT2D eigenvalue weighted by Gasteiger charge is 2.25. The Morgan fingerprint density at radius 2 is 1.67 bits per heavy atom. The normalized spacial score (nSPS) is 14.2. The molecular formula is C24H24N6O2S. The van der Waals surface area contributed by atoms with E-state index in [4.69, 9.17) is 4.98 Å². The summed E-state index contributed by atoms with van der Waals surface area (Å²) in [6, 6.07) is 10.1. The second kappa shape index (κ2) is 8.40. The molecule has 2 aromatic carbocycles. The molecule has 1 fully saturated rings. The van der Waals surface area contributed by atoms with E-state index in [-0.39, 0.29) is 11.8 Å². The summed E-state index contributed by atoms with van der Waals surface area (Å²) < 4.78 is 0.865. The first-order valence-corrected chi connectivity index (χ1v) is 11.7. The van der Waals surface area contributed by atoms with Crippen molar-refractivity contribution < 1.29 is 9.59 Å². The summed E-state index contributed by atoms with van der Waals surface area (Å²) in [7, 11) is 0. The predicted molar refractivity (Wildman–Crippen MR) is 130 cm³/mol. The fraction of sp³-hybridized carbons (Fsp3) is 0.292. The third-order valence-corrected chi connectivity index (χ3v) is 6.85. The summed E-state index contributed by atoms with van der Waals surface area (Å²) >= 11 is 1.35. The number of anilines is 2. The average Bonchev–Trinajstić information content (AvgIpc) is 3.23. The lowest BCUT2D eigenvalue weighted by molar-refractivity contribution is -0.130. The van der Waals surface area contributed by atoms with Crippen molar-refractivity contribution in [3.63, 3.8) is 0 Å². The Morgan fingerprint density at radius 3 is 2.36 bits per heavy atom. The Bertz CT molecular complexity index is 1370. The molecule has 5 rings (SSSR count). The molecule has 0 radical (unpaired) electrons. The lowest BCUT2D eigenvalue weighted by Crippen LogP contribution is -2.50. The Labute approximate surface area is 195 Å². The maximum Gasteiger partial charge on any atom is 0.282 e. The highest BCUT2D eigenvalue weighted by Crippen LogP contribution is 2.31. The number of fused-ring (bicyclic) bond motifs is 3. The van der Waals surface area contributed by atoms with Gasteiger partial charge < -0.3 is 15.1 Å². The van der Waals surface area contributed by atoms with Crippen LogP contribution in [0.5, 0.6) is 0 Å². The van der Waals surface area contributed by atoms with Gasteiger partial charge in [0.2, 0.25) is 11.9 Å². The van der Waals surface area contributed by atoms with Crippen molar-refractivity contribution in [2.75, 3.05) is 31.5 Å². The molecule has 168 valence electrons. The molecular weight excluding hydrogens is 436 g/mol. The van der Waals surface area contributed by atoms with E-state index in [0.717, 1.165) is 37.9 Å². The summed E-state index contributed by atoms with van der Waals surface area (Å²) in [4.78, 5) is 42.0. The fourth-order valence-corrected chi connectivity index (χ4v) is 5.20. The van der Waals surface area contributed by atoms with Crippen molar-refractivity contribution in [1.82, 2.24) is 24.8 Å². The molecule has 1 aliphatic heterocycles. The Hall–Kier alpha value is -3.59. The van der Waals surface area contributed by atoms with Crippen LogP contribution in [-0.4, -0.2) is 62.7 Å². The van der Waals surface area contributed by atoms with E-state index in [2.05, 4.69) is 47.3 Å². The number of hydrogen-bond donors (Lipinski definition) is 1. The van der Waals surface area contributed by atoms with Crippen LogP contribution in [-0.2, 0) is 4.79 Å². The number of thiazole rings is 1. The fourth-order valence-electron chi connectivity index (χ4n) is 4.17. The molecule has 0 atom stereocenters. The van der Waals surface area contributed by atoms with Gasteiger partial charge in [-0.15, -0.1) is 11.3 Å². The second-order valence-electron chi connectivity index (χ2n) is 8.36. The zero-order chi connectivity index (χ0) is 23.1. The van der Waals surface area contributed by atoms with Gasteiger partial charge in [0.15, 0.2) is 5.01 Å². The lowest BCUT2D eigenvalue weighted by Gasteiger charge is -2.33. The zero-order valence-corrected chi connectivity index (χ0v) is 19.6. The summed E-state index contributed by atoms with van der Waals surface area (Å²) in [5, 5.41) is 4.63. The van der Waals surface area contributed by atoms with Gasteiger partial charge in [-0.05, 0) is 49.2 Å². The minimum Gasteiger partial charge on any atom is -0.339 e. The first-order valence-electron chi connectivity index (χ1n) is 10.8. The molecule has 2 aromatic heterocycles. The van der Waals surface area contributed by atoms with Crippen molar-refractivity contribution in [3.8, 4) is 0 Å². The number of carbonyl (C=O) groups excluding carboxylic acids is 2. The maximum atomic E-state index is 13.1. The standard InChI is InChI=1S/C24H24N6O2S/c1-14-10-15(2)12-18(11-14)26-24-25-13-17-4-5-19-21(20(17)28-24)33-22(27-19)23(32)30-8-6-29(7-9-30)16(3)31/h4-5,10-13H,6-9H2,1-3H3,(H,25,26,28). The molecule has 0 bridgehead atoms. The van der Waals surface area contributed by atoms with Crippen molar-refractivity contribution in [2.24, 2.45) is 0 Å². The van der Waals surface area contributed by atoms with Crippen molar-refractivity contribution in [1.29, 1.82) is 0 Å². The Morgan fingerprint density at radius 1 is 0.970 bits per heavy atom. The number of carbonyl (C=O) groups is 2. The predicted octanol–water partition coefficient (Wildman–Crippen LogP) is 3.90. The van der Waals surface area contributed by atoms with Crippen molar-refractivity contribution >= 4 is 55.9 Å². The molecule has 3 heterocycles. The number of aryl methyl sites for hydroxylation is 2. The molecule has 9 heteroatoms. The van der Waals surface area contributed by atoms with Gasteiger partial charge in [0.25, 0.3) is 5.91 Å². The monoisotopic (exact) mass is 460 g/mol. The molecule has 8 nitrogen and oxygen atoms in total. The molecule has 1 aliphatic rings. The van der Waals surface area contributed by atoms with Crippen LogP contribution in [0, 0.1) is 13.8 Å². The van der Waals surface area contributed by atoms with Crippen LogP contribution in [0.3, 0.4) is 0 Å². The van der Waals surface area contributed by atoms with Crippen molar-refractivity contribution in [3.05, 3.63) is 52.7 Å². The number of aromatic nitrogens is 3. The smallest absolute Gasteiger partial charge is 0.282 e. The number of nitrogens with one attached hydrogen (secondary N) is 1. The van der Waals surface area contributed by atoms with Gasteiger partial charge in [-0.3, -0.25) is 9.59 Å². The van der Waals surface area contributed by atoms with Crippen LogP contribution in [0.25, 0.3) is 21.1 Å². The summed E-state index contributed by atoms with van der Waals surface area (Å²) in [6.45, 7) is 7.80. The van der Waals surface area contributed by atoms with Gasteiger partial charge >= 0.3 is 0 Å². The SMILES string of the molecule is CC(=O)N1CCN(C(=O)c2nc3ccc4cnc(Nc5cc(C)cc(C)c5)nc4c3s2)CC1. The first-order chi connectivity index (χ1) is 15.9. The van der Waals surface area contributed by atoms with Crippen LogP contribution < -0.4 is 5.32 Å². The minimum absolute atomic E-state index is 0.0403. The highest BCUT2D eigenvalue weighted by atomic mass is 32.1. The van der Waals surface area contributed by atoms with E-state index >= 15 is 0 Å². The number of piperazine rings is 1. The molecule has 33 heavy (non-hydrogen) atoms. The van der Waals surface area contributed by atoms with Gasteiger partial charge in [0.1, 0.15) is 0 Å². The minimum atomic E-state index is -0.102. The average molecular weight is 461 g/mol. The van der Waals surface area contributed by atoms with E-state index in [9.17, 15) is 9.59 Å². The summed E-state index contributed by atoms with van der Waals surface area (Å²) in [5.41, 5.74) is 4.77. The van der Waals surface area contributed by atoms with Gasteiger partial charge in [-0.25, -0.2) is 15.0 Å². The maximum absolute atomic E-state index is 13.1. The van der Waals surface area contributed by atoms with Crippen molar-refractivity contribution in [2.45, 2.75) is 20.8 Å². The van der Waals surface area contributed by atoms with Gasteiger partial charge in [0, 0.05) is 50.4 Å². The molecule has 1 saturated heterocycles. The number of nitrogens with zero attached hydrogens (tertiary/aromatic N) is 5. The lowest BCUT2D eigenvalue weighted by atomic mass is 10.1. The number of benzene rings is 2. The summed E-state index contributed by atoms with van der Waals surface area (Å²) in [5.74, 6) is 0.440. The Kier molecular flexibility index (Phi) is 5.41. The van der Waals surface area contributed by atoms with Crippen LogP contribution in [0.1, 0.15) is 27.9 Å².